The molecule has 0 radical (unpaired) electrons. The molecule has 4 aromatic rings. The summed E-state index contributed by atoms with van der Waals surface area (Å²) >= 11 is 0. The molecular formula is C27H23F5N4O2. The number of anilines is 1. The van der Waals surface area contributed by atoms with Crippen LogP contribution in [-0.4, -0.2) is 34.1 Å². The zero-order chi connectivity index (χ0) is 27.0. The van der Waals surface area contributed by atoms with E-state index in [9.17, 15) is 26.7 Å². The Balaban J connectivity index is 1.53. The van der Waals surface area contributed by atoms with E-state index >= 15 is 0 Å². The van der Waals surface area contributed by atoms with Gasteiger partial charge in [-0.25, -0.2) is 9.37 Å². The molecule has 5 rings (SSSR count). The Morgan fingerprint density at radius 3 is 2.66 bits per heavy atom. The second-order valence-electron chi connectivity index (χ2n) is 9.15. The number of fused-ring (bicyclic) bond motifs is 1. The minimum absolute atomic E-state index is 0.0490. The van der Waals surface area contributed by atoms with Crippen LogP contribution >= 0.6 is 0 Å². The number of pyridine rings is 1. The number of carbonyl (C=O) groups is 1. The van der Waals surface area contributed by atoms with Crippen LogP contribution in [0.15, 0.2) is 54.9 Å². The Bertz CT molecular complexity index is 1510. The number of halogens is 5. The Hall–Kier alpha value is -4.15. The molecule has 11 heteroatoms. The van der Waals surface area contributed by atoms with E-state index in [4.69, 9.17) is 4.74 Å². The largest absolute Gasteiger partial charge is 0.453 e. The predicted octanol–water partition coefficient (Wildman–Crippen LogP) is 6.64. The van der Waals surface area contributed by atoms with Gasteiger partial charge in [-0.3, -0.25) is 9.20 Å². The molecule has 6 nitrogen and oxygen atoms in total. The maximum absolute atomic E-state index is 14.3. The van der Waals surface area contributed by atoms with Gasteiger partial charge >= 0.3 is 6.18 Å². The topological polar surface area (TPSA) is 67.7 Å². The van der Waals surface area contributed by atoms with Gasteiger partial charge in [-0.2, -0.15) is 17.6 Å². The van der Waals surface area contributed by atoms with Gasteiger partial charge in [0.25, 0.3) is 5.91 Å². The molecule has 0 unspecified atom stereocenters. The van der Waals surface area contributed by atoms with Crippen LogP contribution in [-0.2, 0) is 0 Å². The summed E-state index contributed by atoms with van der Waals surface area (Å²) in [6.07, 6.45) is -0.495. The van der Waals surface area contributed by atoms with Crippen LogP contribution in [0.4, 0.5) is 27.6 Å². The van der Waals surface area contributed by atoms with E-state index in [1.165, 1.54) is 30.6 Å². The lowest BCUT2D eigenvalue weighted by Gasteiger charge is -2.14. The van der Waals surface area contributed by atoms with Crippen molar-refractivity contribution in [3.05, 3.63) is 77.6 Å². The number of amides is 1. The van der Waals surface area contributed by atoms with Gasteiger partial charge in [0.2, 0.25) is 5.82 Å². The summed E-state index contributed by atoms with van der Waals surface area (Å²) in [6.45, 7) is 1.38. The summed E-state index contributed by atoms with van der Waals surface area (Å²) < 4.78 is 73.4. The zero-order valence-corrected chi connectivity index (χ0v) is 20.2. The molecule has 2 N–H and O–H groups in total. The number of aryl methyl sites for hydroxylation is 1. The SMILES string of the molecule is Cc1cc(-c2cnc3c(NCCC(F)(F)F)cc(Oc4cccc(F)c4F)cn23)ccc1C(=O)NC1CC1. The van der Waals surface area contributed by atoms with E-state index in [0.717, 1.165) is 24.5 Å². The molecule has 38 heavy (non-hydrogen) atoms. The number of hydrogen-bond acceptors (Lipinski definition) is 4. The van der Waals surface area contributed by atoms with E-state index in [2.05, 4.69) is 15.6 Å². The third-order valence-electron chi connectivity index (χ3n) is 6.13. The highest BCUT2D eigenvalue weighted by atomic mass is 19.4. The van der Waals surface area contributed by atoms with Crippen molar-refractivity contribution >= 4 is 17.2 Å². The van der Waals surface area contributed by atoms with Crippen LogP contribution in [0.1, 0.15) is 35.2 Å². The highest BCUT2D eigenvalue weighted by Gasteiger charge is 2.27. The second-order valence-corrected chi connectivity index (χ2v) is 9.15. The van der Waals surface area contributed by atoms with E-state index in [1.807, 2.05) is 6.07 Å². The zero-order valence-electron chi connectivity index (χ0n) is 20.2. The third-order valence-corrected chi connectivity index (χ3v) is 6.13. The molecule has 0 atom stereocenters. The van der Waals surface area contributed by atoms with Gasteiger partial charge in [0.05, 0.1) is 30.2 Å². The Kier molecular flexibility index (Phi) is 6.68. The van der Waals surface area contributed by atoms with Gasteiger partial charge in [-0.15, -0.1) is 0 Å². The lowest BCUT2D eigenvalue weighted by molar-refractivity contribution is -0.131. The average molecular weight is 530 g/mol. The van der Waals surface area contributed by atoms with Crippen molar-refractivity contribution in [2.45, 2.75) is 38.4 Å². The number of hydrogen-bond donors (Lipinski definition) is 2. The average Bonchev–Trinajstić information content (AvgIpc) is 3.56. The predicted molar refractivity (Wildman–Crippen MR) is 131 cm³/mol. The first-order valence-electron chi connectivity index (χ1n) is 11.9. The van der Waals surface area contributed by atoms with Crippen molar-refractivity contribution in [3.63, 3.8) is 0 Å². The van der Waals surface area contributed by atoms with Crippen LogP contribution < -0.4 is 15.4 Å². The number of alkyl halides is 3. The molecule has 198 valence electrons. The van der Waals surface area contributed by atoms with Gasteiger partial charge in [0.1, 0.15) is 5.75 Å². The molecule has 1 fully saturated rings. The van der Waals surface area contributed by atoms with Crippen LogP contribution in [0.3, 0.4) is 0 Å². The lowest BCUT2D eigenvalue weighted by Crippen LogP contribution is -2.26. The molecule has 0 spiro atoms. The van der Waals surface area contributed by atoms with Crippen molar-refractivity contribution in [1.29, 1.82) is 0 Å². The molecule has 1 aliphatic carbocycles. The molecule has 1 aliphatic rings. The fourth-order valence-corrected chi connectivity index (χ4v) is 4.06. The maximum Gasteiger partial charge on any atom is 0.390 e. The summed E-state index contributed by atoms with van der Waals surface area (Å²) in [6, 6.07) is 10.3. The maximum atomic E-state index is 14.3. The molecular weight excluding hydrogens is 507 g/mol. The Morgan fingerprint density at radius 2 is 1.95 bits per heavy atom. The minimum Gasteiger partial charge on any atom is -0.453 e. The summed E-state index contributed by atoms with van der Waals surface area (Å²) in [4.78, 5) is 16.9. The van der Waals surface area contributed by atoms with Crippen LogP contribution in [0.5, 0.6) is 11.5 Å². The summed E-state index contributed by atoms with van der Waals surface area (Å²) in [5.74, 6) is -2.78. The van der Waals surface area contributed by atoms with Gasteiger partial charge in [-0.1, -0.05) is 12.1 Å². The summed E-state index contributed by atoms with van der Waals surface area (Å²) in [7, 11) is 0. The number of nitrogens with zero attached hydrogens (tertiary/aromatic N) is 2. The number of ether oxygens (including phenoxy) is 1. The molecule has 0 aliphatic heterocycles. The van der Waals surface area contributed by atoms with Crippen molar-refractivity contribution in [1.82, 2.24) is 14.7 Å². The molecule has 0 bridgehead atoms. The number of rotatable bonds is 8. The fraction of sp³-hybridized carbons (Fsp3) is 0.259. The van der Waals surface area contributed by atoms with Crippen molar-refractivity contribution < 1.29 is 31.5 Å². The Morgan fingerprint density at radius 1 is 1.16 bits per heavy atom. The smallest absolute Gasteiger partial charge is 0.390 e. The van der Waals surface area contributed by atoms with E-state index in [-0.39, 0.29) is 29.1 Å². The van der Waals surface area contributed by atoms with Crippen molar-refractivity contribution in [2.75, 3.05) is 11.9 Å². The van der Waals surface area contributed by atoms with E-state index < -0.39 is 30.8 Å². The van der Waals surface area contributed by atoms with E-state index in [1.54, 1.807) is 23.5 Å². The highest BCUT2D eigenvalue weighted by Crippen LogP contribution is 2.33. The number of nitrogens with one attached hydrogen (secondary N) is 2. The molecule has 1 amide bonds. The third kappa shape index (κ3) is 5.56. The monoisotopic (exact) mass is 530 g/mol. The molecule has 2 heterocycles. The minimum atomic E-state index is -4.37. The van der Waals surface area contributed by atoms with Gasteiger partial charge in [0, 0.05) is 29.8 Å². The van der Waals surface area contributed by atoms with Gasteiger partial charge in [0.15, 0.2) is 17.2 Å². The number of aromatic nitrogens is 2. The molecule has 1 saturated carbocycles. The first-order chi connectivity index (χ1) is 18.1. The normalized spacial score (nSPS) is 13.5. The molecule has 0 saturated heterocycles. The van der Waals surface area contributed by atoms with Crippen molar-refractivity contribution in [3.8, 4) is 22.8 Å². The molecule has 2 aromatic carbocycles. The van der Waals surface area contributed by atoms with Crippen LogP contribution in [0, 0.1) is 18.6 Å². The highest BCUT2D eigenvalue weighted by molar-refractivity contribution is 5.96. The number of carbonyl (C=O) groups excluding carboxylic acids is 1. The quantitative estimate of drug-likeness (QED) is 0.251. The van der Waals surface area contributed by atoms with Crippen LogP contribution in [0.2, 0.25) is 0 Å². The van der Waals surface area contributed by atoms with Gasteiger partial charge in [-0.05, 0) is 49.6 Å². The van der Waals surface area contributed by atoms with Gasteiger partial charge < -0.3 is 15.4 Å². The summed E-state index contributed by atoms with van der Waals surface area (Å²) in [5, 5.41) is 5.67. The number of imidazole rings is 1. The standard InChI is InChI=1S/C27H23F5N4O2/c1-15-11-16(5-8-19(15)26(37)35-17-6-7-17)22-13-34-25-21(33-10-9-27(30,31)32)12-18(14-36(22)25)38-23-4-2-3-20(28)24(23)29/h2-5,8,11-14,17,33H,6-7,9-10H2,1H3,(H,35,37). The first kappa shape index (κ1) is 25.5. The van der Waals surface area contributed by atoms with Crippen molar-refractivity contribution in [2.24, 2.45) is 0 Å². The molecule has 2 aromatic heterocycles. The summed E-state index contributed by atoms with van der Waals surface area (Å²) in [5.41, 5.74) is 3.03. The lowest BCUT2D eigenvalue weighted by atomic mass is 10.0. The van der Waals surface area contributed by atoms with Crippen LogP contribution in [0.25, 0.3) is 16.9 Å². The second kappa shape index (κ2) is 9.96. The first-order valence-corrected chi connectivity index (χ1v) is 11.9. The number of benzene rings is 2. The fourth-order valence-electron chi connectivity index (χ4n) is 4.06. The van der Waals surface area contributed by atoms with E-state index in [0.29, 0.717) is 22.5 Å². The Labute approximate surface area is 214 Å².